The fraction of sp³-hybridized carbons (Fsp3) is 0.545. The first kappa shape index (κ1) is 10.7. The van der Waals surface area contributed by atoms with Gasteiger partial charge in [0, 0.05) is 5.54 Å². The Morgan fingerprint density at radius 3 is 2.80 bits per heavy atom. The number of halogens is 1. The maximum absolute atomic E-state index is 11.9. The molecule has 1 amide bonds. The molecule has 0 atom stereocenters. The van der Waals surface area contributed by atoms with Gasteiger partial charge in [0.15, 0.2) is 4.67 Å². The smallest absolute Gasteiger partial charge is 0.256 e. The molecule has 1 heterocycles. The van der Waals surface area contributed by atoms with Crippen molar-refractivity contribution in [2.45, 2.75) is 38.1 Å². The highest BCUT2D eigenvalue weighted by Gasteiger charge is 2.37. The monoisotopic (exact) mass is 271 g/mol. The van der Waals surface area contributed by atoms with Crippen molar-refractivity contribution in [2.24, 2.45) is 0 Å². The van der Waals surface area contributed by atoms with Crippen LogP contribution in [0.1, 0.15) is 43.0 Å². The minimum atomic E-state index is -0.0443. The van der Waals surface area contributed by atoms with Crippen LogP contribution in [-0.2, 0) is 0 Å². The third-order valence-electron chi connectivity index (χ3n) is 3.23. The molecule has 1 N–H and O–H groups in total. The number of hydrogen-bond donors (Lipinski definition) is 1. The molecule has 0 radical (unpaired) electrons. The van der Waals surface area contributed by atoms with Crippen molar-refractivity contribution >= 4 is 21.8 Å². The van der Waals surface area contributed by atoms with Crippen LogP contribution in [0.25, 0.3) is 0 Å². The SMILES string of the molecule is CCC1(NC(=O)c2ccoc2Br)CCC1. The second kappa shape index (κ2) is 4.00. The number of carbonyl (C=O) groups excluding carboxylic acids is 1. The second-order valence-electron chi connectivity index (χ2n) is 4.05. The lowest BCUT2D eigenvalue weighted by Crippen LogP contribution is -2.52. The van der Waals surface area contributed by atoms with Crippen LogP contribution in [-0.4, -0.2) is 11.4 Å². The normalized spacial score (nSPS) is 18.3. The van der Waals surface area contributed by atoms with Crippen molar-refractivity contribution < 1.29 is 9.21 Å². The highest BCUT2D eigenvalue weighted by Crippen LogP contribution is 2.35. The van der Waals surface area contributed by atoms with Crippen molar-refractivity contribution in [1.29, 1.82) is 0 Å². The number of furan rings is 1. The van der Waals surface area contributed by atoms with Gasteiger partial charge in [-0.15, -0.1) is 0 Å². The largest absolute Gasteiger partial charge is 0.457 e. The summed E-state index contributed by atoms with van der Waals surface area (Å²) in [6.07, 6.45) is 5.89. The van der Waals surface area contributed by atoms with Crippen molar-refractivity contribution in [3.05, 3.63) is 22.6 Å². The molecule has 1 saturated carbocycles. The number of carbonyl (C=O) groups is 1. The summed E-state index contributed by atoms with van der Waals surface area (Å²) in [5.74, 6) is -0.0443. The van der Waals surface area contributed by atoms with Gasteiger partial charge in [-0.25, -0.2) is 0 Å². The number of nitrogens with one attached hydrogen (secondary N) is 1. The molecular weight excluding hydrogens is 258 g/mol. The molecule has 1 aromatic rings. The van der Waals surface area contributed by atoms with E-state index in [4.69, 9.17) is 4.42 Å². The highest BCUT2D eigenvalue weighted by molar-refractivity contribution is 9.10. The molecule has 3 nitrogen and oxygen atoms in total. The van der Waals surface area contributed by atoms with E-state index >= 15 is 0 Å². The van der Waals surface area contributed by atoms with Crippen LogP contribution in [0.4, 0.5) is 0 Å². The molecule has 0 saturated heterocycles. The molecule has 2 rings (SSSR count). The standard InChI is InChI=1S/C11H14BrNO2/c1-2-11(5-3-6-11)13-10(14)8-4-7-15-9(8)12/h4,7H,2-3,5-6H2,1H3,(H,13,14). The third-order valence-corrected chi connectivity index (χ3v) is 3.84. The summed E-state index contributed by atoms with van der Waals surface area (Å²) in [7, 11) is 0. The van der Waals surface area contributed by atoms with E-state index in [2.05, 4.69) is 28.2 Å². The first-order valence-electron chi connectivity index (χ1n) is 5.22. The van der Waals surface area contributed by atoms with Crippen LogP contribution in [0.15, 0.2) is 21.4 Å². The van der Waals surface area contributed by atoms with Gasteiger partial charge in [0.05, 0.1) is 11.8 Å². The first-order chi connectivity index (χ1) is 7.17. The van der Waals surface area contributed by atoms with E-state index in [1.165, 1.54) is 12.7 Å². The van der Waals surface area contributed by atoms with Gasteiger partial charge in [0.2, 0.25) is 0 Å². The van der Waals surface area contributed by atoms with Crippen molar-refractivity contribution in [3.8, 4) is 0 Å². The minimum absolute atomic E-state index is 0.0355. The van der Waals surface area contributed by atoms with Crippen LogP contribution >= 0.6 is 15.9 Å². The van der Waals surface area contributed by atoms with Gasteiger partial charge in [-0.1, -0.05) is 6.92 Å². The van der Waals surface area contributed by atoms with Gasteiger partial charge >= 0.3 is 0 Å². The van der Waals surface area contributed by atoms with E-state index < -0.39 is 0 Å². The Morgan fingerprint density at radius 2 is 2.40 bits per heavy atom. The predicted octanol–water partition coefficient (Wildman–Crippen LogP) is 3.10. The first-order valence-corrected chi connectivity index (χ1v) is 6.02. The fourth-order valence-corrected chi connectivity index (χ4v) is 2.35. The van der Waals surface area contributed by atoms with Gasteiger partial charge in [-0.3, -0.25) is 4.79 Å². The molecule has 1 aliphatic rings. The Bertz CT molecular complexity index is 363. The Morgan fingerprint density at radius 1 is 1.67 bits per heavy atom. The van der Waals surface area contributed by atoms with Crippen LogP contribution < -0.4 is 5.32 Å². The molecule has 1 fully saturated rings. The van der Waals surface area contributed by atoms with Crippen molar-refractivity contribution in [2.75, 3.05) is 0 Å². The molecule has 0 unspecified atom stereocenters. The lowest BCUT2D eigenvalue weighted by atomic mass is 9.75. The maximum Gasteiger partial charge on any atom is 0.256 e. The van der Waals surface area contributed by atoms with E-state index in [0.29, 0.717) is 10.2 Å². The van der Waals surface area contributed by atoms with Crippen molar-refractivity contribution in [3.63, 3.8) is 0 Å². The van der Waals surface area contributed by atoms with Gasteiger partial charge in [0.25, 0.3) is 5.91 Å². The summed E-state index contributed by atoms with van der Waals surface area (Å²) in [4.78, 5) is 11.9. The molecular formula is C11H14BrNO2. The fourth-order valence-electron chi connectivity index (χ4n) is 1.93. The summed E-state index contributed by atoms with van der Waals surface area (Å²) in [5, 5.41) is 3.09. The number of rotatable bonds is 3. The average molecular weight is 272 g/mol. The Kier molecular flexibility index (Phi) is 2.87. The molecule has 0 aromatic carbocycles. The Hall–Kier alpha value is -0.770. The molecule has 4 heteroatoms. The summed E-state index contributed by atoms with van der Waals surface area (Å²) in [6, 6.07) is 1.68. The lowest BCUT2D eigenvalue weighted by Gasteiger charge is -2.41. The highest BCUT2D eigenvalue weighted by atomic mass is 79.9. The second-order valence-corrected chi connectivity index (χ2v) is 4.77. The molecule has 1 aliphatic carbocycles. The maximum atomic E-state index is 11.9. The number of amides is 1. The Labute approximate surface area is 97.4 Å². The van der Waals surface area contributed by atoms with Crippen LogP contribution in [0.5, 0.6) is 0 Å². The van der Waals surface area contributed by atoms with Gasteiger partial charge in [-0.2, -0.15) is 0 Å². The molecule has 0 bridgehead atoms. The predicted molar refractivity (Wildman–Crippen MR) is 60.7 cm³/mol. The molecule has 15 heavy (non-hydrogen) atoms. The quantitative estimate of drug-likeness (QED) is 0.918. The zero-order chi connectivity index (χ0) is 10.9. The summed E-state index contributed by atoms with van der Waals surface area (Å²) in [6.45, 7) is 2.11. The molecule has 1 aromatic heterocycles. The van der Waals surface area contributed by atoms with Gasteiger partial charge in [-0.05, 0) is 47.7 Å². The summed E-state index contributed by atoms with van der Waals surface area (Å²) < 4.78 is 5.55. The van der Waals surface area contributed by atoms with E-state index in [1.54, 1.807) is 6.07 Å². The van der Waals surface area contributed by atoms with Crippen LogP contribution in [0.3, 0.4) is 0 Å². The Balaban J connectivity index is 2.07. The lowest BCUT2D eigenvalue weighted by molar-refractivity contribution is 0.0818. The van der Waals surface area contributed by atoms with Gasteiger partial charge < -0.3 is 9.73 Å². The summed E-state index contributed by atoms with van der Waals surface area (Å²) in [5.41, 5.74) is 0.614. The van der Waals surface area contributed by atoms with Crippen LogP contribution in [0, 0.1) is 0 Å². The molecule has 0 aliphatic heterocycles. The third kappa shape index (κ3) is 1.95. The minimum Gasteiger partial charge on any atom is -0.457 e. The zero-order valence-corrected chi connectivity index (χ0v) is 10.3. The van der Waals surface area contributed by atoms with E-state index in [0.717, 1.165) is 19.3 Å². The van der Waals surface area contributed by atoms with Crippen LogP contribution in [0.2, 0.25) is 0 Å². The topological polar surface area (TPSA) is 42.2 Å². The van der Waals surface area contributed by atoms with E-state index in [-0.39, 0.29) is 11.4 Å². The molecule has 0 spiro atoms. The molecule has 82 valence electrons. The number of hydrogen-bond acceptors (Lipinski definition) is 2. The van der Waals surface area contributed by atoms with Gasteiger partial charge in [0.1, 0.15) is 0 Å². The average Bonchev–Trinajstić information content (AvgIpc) is 2.58. The zero-order valence-electron chi connectivity index (χ0n) is 8.68. The van der Waals surface area contributed by atoms with E-state index in [9.17, 15) is 4.79 Å². The van der Waals surface area contributed by atoms with Crippen molar-refractivity contribution in [1.82, 2.24) is 5.32 Å². The summed E-state index contributed by atoms with van der Waals surface area (Å²) >= 11 is 3.21. The van der Waals surface area contributed by atoms with E-state index in [1.807, 2.05) is 0 Å².